The number of fused-ring (bicyclic) bond motifs is 1. The van der Waals surface area contributed by atoms with Crippen LogP contribution in [0, 0.1) is 0 Å². The van der Waals surface area contributed by atoms with Gasteiger partial charge in [0.2, 0.25) is 0 Å². The van der Waals surface area contributed by atoms with Crippen LogP contribution in [0.4, 0.5) is 5.69 Å². The maximum Gasteiger partial charge on any atom is 0.316 e. The third kappa shape index (κ3) is 2.81. The highest BCUT2D eigenvalue weighted by atomic mass is 16.5. The van der Waals surface area contributed by atoms with Gasteiger partial charge in [0, 0.05) is 22.7 Å². The SMILES string of the molecule is COc1ncc(-c2cccc3c(N)c(C(N)=O)nnc23)c(C(C)O)n1. The number of aliphatic hydroxyl groups is 1. The zero-order valence-electron chi connectivity index (χ0n) is 13.6. The zero-order chi connectivity index (χ0) is 18.1. The number of anilines is 1. The fourth-order valence-corrected chi connectivity index (χ4v) is 2.55. The monoisotopic (exact) mass is 340 g/mol. The Labute approximate surface area is 142 Å². The number of methoxy groups -OCH3 is 1. The fraction of sp³-hybridized carbons (Fsp3) is 0.188. The highest BCUT2D eigenvalue weighted by molar-refractivity contribution is 6.07. The molecule has 25 heavy (non-hydrogen) atoms. The number of benzene rings is 1. The number of carbonyl (C=O) groups excluding carboxylic acids is 1. The summed E-state index contributed by atoms with van der Waals surface area (Å²) < 4.78 is 5.01. The lowest BCUT2D eigenvalue weighted by Crippen LogP contribution is -2.16. The van der Waals surface area contributed by atoms with Gasteiger partial charge < -0.3 is 21.3 Å². The highest BCUT2D eigenvalue weighted by Gasteiger charge is 2.19. The molecule has 0 saturated heterocycles. The molecule has 1 unspecified atom stereocenters. The van der Waals surface area contributed by atoms with Crippen LogP contribution in [0.2, 0.25) is 0 Å². The molecule has 0 aliphatic rings. The van der Waals surface area contributed by atoms with Gasteiger partial charge >= 0.3 is 6.01 Å². The van der Waals surface area contributed by atoms with Crippen molar-refractivity contribution in [1.82, 2.24) is 20.2 Å². The van der Waals surface area contributed by atoms with Crippen LogP contribution in [0.1, 0.15) is 29.2 Å². The Hall–Kier alpha value is -3.33. The molecular weight excluding hydrogens is 324 g/mol. The van der Waals surface area contributed by atoms with Crippen molar-refractivity contribution in [1.29, 1.82) is 0 Å². The van der Waals surface area contributed by atoms with E-state index in [1.807, 2.05) is 0 Å². The van der Waals surface area contributed by atoms with E-state index < -0.39 is 12.0 Å². The molecule has 0 spiro atoms. The number of rotatable bonds is 4. The first-order valence-corrected chi connectivity index (χ1v) is 7.38. The topological polar surface area (TPSA) is 150 Å². The van der Waals surface area contributed by atoms with E-state index in [2.05, 4.69) is 20.2 Å². The number of carbonyl (C=O) groups is 1. The van der Waals surface area contributed by atoms with Gasteiger partial charge in [0.25, 0.3) is 5.91 Å². The van der Waals surface area contributed by atoms with Gasteiger partial charge in [-0.05, 0) is 6.92 Å². The summed E-state index contributed by atoms with van der Waals surface area (Å²) >= 11 is 0. The van der Waals surface area contributed by atoms with Gasteiger partial charge in [0.15, 0.2) is 5.69 Å². The third-order valence-corrected chi connectivity index (χ3v) is 3.73. The smallest absolute Gasteiger partial charge is 0.316 e. The summed E-state index contributed by atoms with van der Waals surface area (Å²) in [6, 6.07) is 5.37. The van der Waals surface area contributed by atoms with Gasteiger partial charge in [-0.1, -0.05) is 18.2 Å². The van der Waals surface area contributed by atoms with E-state index in [9.17, 15) is 9.90 Å². The molecule has 9 heteroatoms. The van der Waals surface area contributed by atoms with E-state index in [-0.39, 0.29) is 17.4 Å². The molecule has 2 heterocycles. The Bertz CT molecular complexity index is 973. The van der Waals surface area contributed by atoms with E-state index in [0.717, 1.165) is 0 Å². The average molecular weight is 340 g/mol. The van der Waals surface area contributed by atoms with Gasteiger partial charge in [0.05, 0.1) is 24.6 Å². The summed E-state index contributed by atoms with van der Waals surface area (Å²) in [5.74, 6) is -0.755. The molecule has 1 aromatic carbocycles. The standard InChI is InChI=1S/C16H16N6O3/c1-7(23)12-10(6-19-16(20-12)25-2)8-4-3-5-9-11(17)14(15(18)24)22-21-13(8)9/h3-7,23H,1-2H3,(H2,17,21)(H2,18,24). The van der Waals surface area contributed by atoms with Crippen LogP contribution in [0.3, 0.4) is 0 Å². The second-order valence-electron chi connectivity index (χ2n) is 5.36. The van der Waals surface area contributed by atoms with Crippen molar-refractivity contribution >= 4 is 22.5 Å². The van der Waals surface area contributed by atoms with Crippen molar-refractivity contribution in [2.24, 2.45) is 5.73 Å². The Morgan fingerprint density at radius 3 is 2.68 bits per heavy atom. The Kier molecular flexibility index (Phi) is 4.15. The van der Waals surface area contributed by atoms with E-state index in [4.69, 9.17) is 16.2 Å². The van der Waals surface area contributed by atoms with Crippen molar-refractivity contribution in [3.8, 4) is 17.1 Å². The molecule has 5 N–H and O–H groups in total. The van der Waals surface area contributed by atoms with Crippen molar-refractivity contribution in [3.05, 3.63) is 35.8 Å². The van der Waals surface area contributed by atoms with Crippen LogP contribution >= 0.6 is 0 Å². The first kappa shape index (κ1) is 16.5. The van der Waals surface area contributed by atoms with Gasteiger partial charge in [-0.2, -0.15) is 4.98 Å². The molecule has 2 aromatic heterocycles. The van der Waals surface area contributed by atoms with Crippen molar-refractivity contribution in [3.63, 3.8) is 0 Å². The number of aliphatic hydroxyl groups excluding tert-OH is 1. The Morgan fingerprint density at radius 1 is 1.28 bits per heavy atom. The molecule has 3 aromatic rings. The average Bonchev–Trinajstić information content (AvgIpc) is 2.60. The highest BCUT2D eigenvalue weighted by Crippen LogP contribution is 2.34. The molecule has 0 aliphatic carbocycles. The normalized spacial score (nSPS) is 12.1. The lowest BCUT2D eigenvalue weighted by molar-refractivity contribution is 0.0995. The van der Waals surface area contributed by atoms with Gasteiger partial charge in [-0.3, -0.25) is 4.79 Å². The number of hydrogen-bond donors (Lipinski definition) is 3. The summed E-state index contributed by atoms with van der Waals surface area (Å²) in [5, 5.41) is 18.5. The first-order chi connectivity index (χ1) is 11.9. The Morgan fingerprint density at radius 2 is 2.04 bits per heavy atom. The molecule has 0 radical (unpaired) electrons. The maximum atomic E-state index is 11.4. The summed E-state index contributed by atoms with van der Waals surface area (Å²) in [6.07, 6.45) is 0.667. The van der Waals surface area contributed by atoms with Crippen LogP contribution < -0.4 is 16.2 Å². The summed E-state index contributed by atoms with van der Waals surface area (Å²) in [4.78, 5) is 19.7. The number of amides is 1. The largest absolute Gasteiger partial charge is 0.467 e. The van der Waals surface area contributed by atoms with Crippen molar-refractivity contribution in [2.75, 3.05) is 12.8 Å². The minimum atomic E-state index is -0.864. The zero-order valence-corrected chi connectivity index (χ0v) is 13.6. The van der Waals surface area contributed by atoms with Gasteiger partial charge in [-0.15, -0.1) is 10.2 Å². The van der Waals surface area contributed by atoms with Gasteiger partial charge in [-0.25, -0.2) is 4.98 Å². The molecule has 9 nitrogen and oxygen atoms in total. The molecule has 0 bridgehead atoms. The fourth-order valence-electron chi connectivity index (χ4n) is 2.55. The van der Waals surface area contributed by atoms with Crippen molar-refractivity contribution < 1.29 is 14.6 Å². The van der Waals surface area contributed by atoms with Crippen LogP contribution in [-0.4, -0.2) is 38.3 Å². The van der Waals surface area contributed by atoms with E-state index in [1.54, 1.807) is 25.1 Å². The minimum Gasteiger partial charge on any atom is -0.467 e. The predicted molar refractivity (Wildman–Crippen MR) is 90.7 cm³/mol. The van der Waals surface area contributed by atoms with E-state index in [0.29, 0.717) is 27.7 Å². The molecular formula is C16H16N6O3. The third-order valence-electron chi connectivity index (χ3n) is 3.73. The maximum absolute atomic E-state index is 11.4. The summed E-state index contributed by atoms with van der Waals surface area (Å²) in [6.45, 7) is 1.58. The summed E-state index contributed by atoms with van der Waals surface area (Å²) in [7, 11) is 1.44. The molecule has 0 fully saturated rings. The number of aromatic nitrogens is 4. The molecule has 0 saturated carbocycles. The van der Waals surface area contributed by atoms with Crippen LogP contribution in [0.15, 0.2) is 24.4 Å². The number of primary amides is 1. The molecule has 1 atom stereocenters. The molecule has 1 amide bonds. The van der Waals surface area contributed by atoms with E-state index in [1.165, 1.54) is 13.3 Å². The van der Waals surface area contributed by atoms with Crippen LogP contribution in [0.25, 0.3) is 22.0 Å². The van der Waals surface area contributed by atoms with E-state index >= 15 is 0 Å². The quantitative estimate of drug-likeness (QED) is 0.632. The minimum absolute atomic E-state index is 0.0913. The van der Waals surface area contributed by atoms with Crippen LogP contribution in [-0.2, 0) is 0 Å². The molecule has 0 aliphatic heterocycles. The number of ether oxygens (including phenoxy) is 1. The second-order valence-corrected chi connectivity index (χ2v) is 5.36. The number of hydrogen-bond acceptors (Lipinski definition) is 8. The Balaban J connectivity index is 2.30. The van der Waals surface area contributed by atoms with Gasteiger partial charge in [0.1, 0.15) is 5.52 Å². The molecule has 3 rings (SSSR count). The molecule has 128 valence electrons. The number of nitrogen functional groups attached to an aromatic ring is 1. The lowest BCUT2D eigenvalue weighted by Gasteiger charge is -2.14. The predicted octanol–water partition coefficient (Wildman–Crippen LogP) is 0.830. The second kappa shape index (κ2) is 6.29. The number of nitrogens with zero attached hydrogens (tertiary/aromatic N) is 4. The lowest BCUT2D eigenvalue weighted by atomic mass is 9.99. The summed E-state index contributed by atoms with van der Waals surface area (Å²) in [5.41, 5.74) is 13.3. The number of nitrogens with two attached hydrogens (primary N) is 2. The van der Waals surface area contributed by atoms with Crippen LogP contribution in [0.5, 0.6) is 6.01 Å². The first-order valence-electron chi connectivity index (χ1n) is 7.38. The van der Waals surface area contributed by atoms with Crippen molar-refractivity contribution in [2.45, 2.75) is 13.0 Å².